The van der Waals surface area contributed by atoms with Crippen molar-refractivity contribution in [3.8, 4) is 53.6 Å². The minimum absolute atomic E-state index is 0.403. The fraction of sp³-hybridized carbons (Fsp3) is 0.731. The van der Waals surface area contributed by atoms with Crippen LogP contribution in [0.25, 0.3) is 30.6 Å². The molecule has 6 rings (SSSR count). The number of rotatable bonds is 40. The van der Waals surface area contributed by atoms with E-state index < -0.39 is 10.8 Å². The van der Waals surface area contributed by atoms with Crippen LogP contribution in [0.1, 0.15) is 201 Å². The van der Waals surface area contributed by atoms with Crippen LogP contribution in [0.4, 0.5) is 0 Å². The standard InChI is InChI=1S/C67H105ClO8S3/c1-11-20-25-26-31-56-36-49(10)77-63(56)64-58-57(73-45-66(46-74-58,41-69-37-50(16-6)27-21-12-2)42-70-38-51(17-7)28-22-13-3)61(78-64)54-32-34-55(35-33-54)62-59-60(65(68)79-62)76-48-67(47-75-59,43-71-39-52(18-8)29-23-14-4)44-72-40-53(19-9)30-24-15-5/h32-36,50-53H,11-31,37-48H2,1-10H3. The van der Waals surface area contributed by atoms with Gasteiger partial charge in [0, 0.05) is 31.3 Å². The predicted octanol–water partition coefficient (Wildman–Crippen LogP) is 20.4. The molecule has 1 aromatic carbocycles. The van der Waals surface area contributed by atoms with E-state index in [2.05, 4.69) is 99.6 Å². The molecule has 0 fully saturated rings. The highest BCUT2D eigenvalue weighted by atomic mass is 35.5. The Hall–Kier alpha value is -2.35. The van der Waals surface area contributed by atoms with Gasteiger partial charge in [-0.05, 0) is 91.9 Å². The van der Waals surface area contributed by atoms with Crippen LogP contribution in [0.5, 0.6) is 23.0 Å². The largest absolute Gasteiger partial charge is 0.487 e. The summed E-state index contributed by atoms with van der Waals surface area (Å²) in [5.74, 6) is 5.12. The number of halogens is 1. The molecule has 2 aliphatic rings. The molecule has 5 heterocycles. The molecule has 0 radical (unpaired) electrons. The fourth-order valence-corrected chi connectivity index (χ4v) is 14.8. The van der Waals surface area contributed by atoms with Crippen molar-refractivity contribution in [2.45, 2.75) is 204 Å². The maximum Gasteiger partial charge on any atom is 0.191 e. The summed E-state index contributed by atoms with van der Waals surface area (Å²) in [6, 6.07) is 11.2. The number of aryl methyl sites for hydroxylation is 2. The number of benzene rings is 1. The highest BCUT2D eigenvalue weighted by molar-refractivity contribution is 7.24. The molecule has 8 nitrogen and oxygen atoms in total. The molecular weight excluding hydrogens is 1060 g/mol. The van der Waals surface area contributed by atoms with Crippen LogP contribution in [0, 0.1) is 41.4 Å². The molecule has 4 unspecified atom stereocenters. The first-order chi connectivity index (χ1) is 38.5. The summed E-state index contributed by atoms with van der Waals surface area (Å²) in [7, 11) is 0. The minimum Gasteiger partial charge on any atom is -0.487 e. The third kappa shape index (κ3) is 19.3. The molecule has 3 aromatic heterocycles. The lowest BCUT2D eigenvalue weighted by molar-refractivity contribution is -0.0715. The SMILES string of the molecule is CCCCCCc1cc(C)sc1-c1sc(-c2ccc(-c3sc(Cl)c4c3OCC(COCC(CC)CCCC)(COCC(CC)CCCC)CO4)cc2)c2c1OCC(COCC(CC)CCCC)(COCC(CC)CCCC)CO2. The van der Waals surface area contributed by atoms with E-state index in [4.69, 9.17) is 49.5 Å². The molecule has 0 aliphatic carbocycles. The monoisotopic (exact) mass is 1170 g/mol. The molecule has 0 amide bonds. The first-order valence-electron chi connectivity index (χ1n) is 31.5. The van der Waals surface area contributed by atoms with Crippen molar-refractivity contribution in [1.29, 1.82) is 0 Å². The fourth-order valence-electron chi connectivity index (χ4n) is 11.0. The van der Waals surface area contributed by atoms with Crippen molar-refractivity contribution in [3.05, 3.63) is 45.1 Å². The van der Waals surface area contributed by atoms with E-state index in [1.54, 1.807) is 11.3 Å². The van der Waals surface area contributed by atoms with Crippen molar-refractivity contribution in [2.24, 2.45) is 34.5 Å². The third-order valence-corrected chi connectivity index (χ3v) is 20.6. The summed E-state index contributed by atoms with van der Waals surface area (Å²) in [4.78, 5) is 5.80. The maximum absolute atomic E-state index is 7.23. The summed E-state index contributed by atoms with van der Waals surface area (Å²) in [5, 5.41) is 0. The predicted molar refractivity (Wildman–Crippen MR) is 337 cm³/mol. The van der Waals surface area contributed by atoms with Crippen LogP contribution in [-0.4, -0.2) is 79.3 Å². The normalized spacial score (nSPS) is 18.8. The van der Waals surface area contributed by atoms with E-state index in [9.17, 15) is 0 Å². The van der Waals surface area contributed by atoms with Crippen LogP contribution in [0.3, 0.4) is 0 Å². The highest BCUT2D eigenvalue weighted by Gasteiger charge is 2.41. The lowest BCUT2D eigenvalue weighted by Gasteiger charge is -2.32. The summed E-state index contributed by atoms with van der Waals surface area (Å²) in [6.07, 6.45) is 24.8. The molecule has 4 aromatic rings. The quantitative estimate of drug-likeness (QED) is 0.0408. The van der Waals surface area contributed by atoms with E-state index in [0.717, 1.165) is 95.8 Å². The van der Waals surface area contributed by atoms with Gasteiger partial charge in [0.2, 0.25) is 0 Å². The number of hydrogen-bond donors (Lipinski definition) is 0. The van der Waals surface area contributed by atoms with Gasteiger partial charge in [-0.2, -0.15) is 0 Å². The van der Waals surface area contributed by atoms with Gasteiger partial charge in [0.05, 0.1) is 56.8 Å². The van der Waals surface area contributed by atoms with E-state index in [1.807, 2.05) is 11.3 Å². The lowest BCUT2D eigenvalue weighted by Crippen LogP contribution is -2.43. The highest BCUT2D eigenvalue weighted by Crippen LogP contribution is 2.57. The first-order valence-corrected chi connectivity index (χ1v) is 34.4. The summed E-state index contributed by atoms with van der Waals surface area (Å²) >= 11 is 12.3. The molecule has 79 heavy (non-hydrogen) atoms. The van der Waals surface area contributed by atoms with Crippen molar-refractivity contribution in [3.63, 3.8) is 0 Å². The zero-order chi connectivity index (χ0) is 56.5. The van der Waals surface area contributed by atoms with Gasteiger partial charge in [-0.25, -0.2) is 0 Å². The first kappa shape index (κ1) is 65.8. The van der Waals surface area contributed by atoms with Gasteiger partial charge in [0.25, 0.3) is 0 Å². The summed E-state index contributed by atoms with van der Waals surface area (Å²) in [5.41, 5.74) is 2.53. The zero-order valence-electron chi connectivity index (χ0n) is 50.9. The molecule has 4 atom stereocenters. The molecular formula is C67H105ClO8S3. The topological polar surface area (TPSA) is 73.8 Å². The smallest absolute Gasteiger partial charge is 0.191 e. The molecule has 2 aliphatic heterocycles. The van der Waals surface area contributed by atoms with Crippen LogP contribution in [0.2, 0.25) is 4.34 Å². The van der Waals surface area contributed by atoms with Gasteiger partial charge in [0.15, 0.2) is 23.0 Å². The zero-order valence-corrected chi connectivity index (χ0v) is 54.1. The van der Waals surface area contributed by atoms with Gasteiger partial charge in [-0.1, -0.05) is 194 Å². The van der Waals surface area contributed by atoms with Gasteiger partial charge in [-0.15, -0.1) is 34.0 Å². The average molecular weight is 1170 g/mol. The second-order valence-corrected chi connectivity index (χ2v) is 27.7. The number of fused-ring (bicyclic) bond motifs is 2. The number of thiophene rings is 3. The Morgan fingerprint density at radius 3 is 1.20 bits per heavy atom. The van der Waals surface area contributed by atoms with Crippen molar-refractivity contribution in [1.82, 2.24) is 0 Å². The van der Waals surface area contributed by atoms with Crippen molar-refractivity contribution in [2.75, 3.05) is 79.3 Å². The Labute approximate surface area is 497 Å². The average Bonchev–Trinajstić information content (AvgIpc) is 4.23. The molecule has 0 spiro atoms. The molecule has 0 saturated heterocycles. The van der Waals surface area contributed by atoms with Crippen LogP contribution in [-0.2, 0) is 25.4 Å². The second kappa shape index (κ2) is 35.1. The van der Waals surface area contributed by atoms with Gasteiger partial charge in [-0.3, -0.25) is 0 Å². The number of unbranched alkanes of at least 4 members (excludes halogenated alkanes) is 7. The Morgan fingerprint density at radius 2 is 0.810 bits per heavy atom. The number of hydrogen-bond acceptors (Lipinski definition) is 11. The Kier molecular flexibility index (Phi) is 29.2. The molecule has 0 saturated carbocycles. The minimum atomic E-state index is -0.491. The van der Waals surface area contributed by atoms with E-state index in [-0.39, 0.29) is 0 Å². The third-order valence-electron chi connectivity index (χ3n) is 16.8. The van der Waals surface area contributed by atoms with Crippen LogP contribution >= 0.6 is 45.6 Å². The lowest BCUT2D eigenvalue weighted by atomic mass is 9.91. The van der Waals surface area contributed by atoms with Gasteiger partial charge < -0.3 is 37.9 Å². The Balaban J connectivity index is 1.31. The molecule has 446 valence electrons. The molecule has 0 N–H and O–H groups in total. The second-order valence-electron chi connectivity index (χ2n) is 23.8. The van der Waals surface area contributed by atoms with Gasteiger partial charge in [0.1, 0.15) is 30.8 Å². The van der Waals surface area contributed by atoms with E-state index >= 15 is 0 Å². The van der Waals surface area contributed by atoms with Crippen molar-refractivity contribution < 1.29 is 37.9 Å². The van der Waals surface area contributed by atoms with Crippen molar-refractivity contribution >= 4 is 45.6 Å². The van der Waals surface area contributed by atoms with E-state index in [1.165, 1.54) is 129 Å². The van der Waals surface area contributed by atoms with Gasteiger partial charge >= 0.3 is 0 Å². The summed E-state index contributed by atoms with van der Waals surface area (Å²) in [6.45, 7) is 29.4. The van der Waals surface area contributed by atoms with E-state index in [0.29, 0.717) is 92.4 Å². The maximum atomic E-state index is 7.23. The van der Waals surface area contributed by atoms with Crippen LogP contribution in [0.15, 0.2) is 30.3 Å². The number of ether oxygens (including phenoxy) is 8. The summed E-state index contributed by atoms with van der Waals surface area (Å²) < 4.78 is 55.4. The molecule has 0 bridgehead atoms. The van der Waals surface area contributed by atoms with Crippen LogP contribution < -0.4 is 18.9 Å². The Bertz CT molecular complexity index is 2260. The Morgan fingerprint density at radius 1 is 0.443 bits per heavy atom. The molecule has 12 heteroatoms.